The van der Waals surface area contributed by atoms with Gasteiger partial charge in [0.1, 0.15) is 0 Å². The van der Waals surface area contributed by atoms with Crippen LogP contribution in [0.25, 0.3) is 0 Å². The van der Waals surface area contributed by atoms with Crippen LogP contribution in [-0.2, 0) is 0 Å². The second-order valence-corrected chi connectivity index (χ2v) is 3.50. The molecule has 0 atom stereocenters. The Labute approximate surface area is 100.0 Å². The third kappa shape index (κ3) is 7.17. The molecule has 0 aromatic carbocycles. The number of urea groups is 1. The van der Waals surface area contributed by atoms with Crippen molar-refractivity contribution >= 4 is 23.8 Å². The number of hydrogen-bond donors (Lipinski definition) is 1. The van der Waals surface area contributed by atoms with Crippen molar-refractivity contribution in [2.24, 2.45) is 10.4 Å². The molecular formula is C9H17ClN4O2. The molecule has 7 heteroatoms. The minimum atomic E-state index is -0.664. The molecule has 6 nitrogen and oxygen atoms in total. The van der Waals surface area contributed by atoms with Gasteiger partial charge in [-0.05, 0) is 12.8 Å². The molecule has 0 unspecified atom stereocenters. The van der Waals surface area contributed by atoms with Crippen LogP contribution in [0.5, 0.6) is 0 Å². The van der Waals surface area contributed by atoms with Crippen molar-refractivity contribution in [2.45, 2.75) is 32.6 Å². The standard InChI is InChI=1S/C9H17ClN4O2/c1-2-3-4-5-7-11-12-9(15)14(13-16)8-6-10/h7H,2-6,8H2,1H3,(H,12,15). The topological polar surface area (TPSA) is 74.1 Å². The zero-order chi connectivity index (χ0) is 12.2. The average Bonchev–Trinajstić information content (AvgIpc) is 2.30. The van der Waals surface area contributed by atoms with Crippen molar-refractivity contribution in [3.63, 3.8) is 0 Å². The Kier molecular flexibility index (Phi) is 9.59. The minimum Gasteiger partial charge on any atom is -0.245 e. The first-order chi connectivity index (χ1) is 7.76. The van der Waals surface area contributed by atoms with Gasteiger partial charge in [-0.1, -0.05) is 19.8 Å². The lowest BCUT2D eigenvalue weighted by molar-refractivity contribution is 0.203. The lowest BCUT2D eigenvalue weighted by atomic mass is 10.2. The second-order valence-electron chi connectivity index (χ2n) is 3.12. The predicted molar refractivity (Wildman–Crippen MR) is 64.4 cm³/mol. The van der Waals surface area contributed by atoms with Gasteiger partial charge < -0.3 is 0 Å². The Bertz CT molecular complexity index is 236. The van der Waals surface area contributed by atoms with Gasteiger partial charge in [-0.3, -0.25) is 0 Å². The van der Waals surface area contributed by atoms with E-state index in [-0.39, 0.29) is 12.4 Å². The Morgan fingerprint density at radius 1 is 1.50 bits per heavy atom. The highest BCUT2D eigenvalue weighted by Gasteiger charge is 2.11. The highest BCUT2D eigenvalue weighted by molar-refractivity contribution is 6.18. The van der Waals surface area contributed by atoms with Gasteiger partial charge in [-0.2, -0.15) is 10.1 Å². The fraction of sp³-hybridized carbons (Fsp3) is 0.778. The van der Waals surface area contributed by atoms with Crippen LogP contribution in [0.15, 0.2) is 10.4 Å². The number of hydrazone groups is 1. The van der Waals surface area contributed by atoms with Crippen LogP contribution in [-0.4, -0.2) is 29.7 Å². The summed E-state index contributed by atoms with van der Waals surface area (Å²) in [5.41, 5.74) is 2.20. The van der Waals surface area contributed by atoms with Gasteiger partial charge in [0.25, 0.3) is 0 Å². The molecule has 0 aromatic rings. The van der Waals surface area contributed by atoms with Crippen molar-refractivity contribution in [1.29, 1.82) is 0 Å². The summed E-state index contributed by atoms with van der Waals surface area (Å²) in [4.78, 5) is 21.4. The Balaban J connectivity index is 3.73. The number of carbonyl (C=O) groups excluding carboxylic acids is 1. The molecule has 0 aliphatic carbocycles. The molecule has 0 heterocycles. The molecule has 0 saturated carbocycles. The van der Waals surface area contributed by atoms with Crippen molar-refractivity contribution in [3.8, 4) is 0 Å². The third-order valence-electron chi connectivity index (χ3n) is 1.82. The number of alkyl halides is 1. The van der Waals surface area contributed by atoms with E-state index in [2.05, 4.69) is 22.7 Å². The number of nitroso groups, excluding NO2 is 1. The maximum Gasteiger partial charge on any atom is 0.360 e. The Hall–Kier alpha value is -1.17. The van der Waals surface area contributed by atoms with E-state index in [1.165, 1.54) is 0 Å². The number of nitrogens with zero attached hydrogens (tertiary/aromatic N) is 3. The summed E-state index contributed by atoms with van der Waals surface area (Å²) < 4.78 is 0. The largest absolute Gasteiger partial charge is 0.360 e. The van der Waals surface area contributed by atoms with Crippen LogP contribution in [0.3, 0.4) is 0 Å². The molecule has 16 heavy (non-hydrogen) atoms. The number of amides is 2. The zero-order valence-corrected chi connectivity index (χ0v) is 10.1. The SMILES string of the molecule is CCCCCC=NNC(=O)N(CCCl)N=O. The predicted octanol–water partition coefficient (Wildman–Crippen LogP) is 2.48. The van der Waals surface area contributed by atoms with Gasteiger partial charge >= 0.3 is 6.03 Å². The molecule has 0 spiro atoms. The van der Waals surface area contributed by atoms with E-state index in [0.29, 0.717) is 5.01 Å². The summed E-state index contributed by atoms with van der Waals surface area (Å²) in [6.45, 7) is 2.18. The molecule has 1 N–H and O–H groups in total. The molecule has 0 aliphatic rings. The number of hydrogen-bond acceptors (Lipinski definition) is 4. The smallest absolute Gasteiger partial charge is 0.245 e. The number of carbonyl (C=O) groups is 1. The molecular weight excluding hydrogens is 232 g/mol. The molecule has 0 aliphatic heterocycles. The van der Waals surface area contributed by atoms with E-state index < -0.39 is 6.03 Å². The van der Waals surface area contributed by atoms with Gasteiger partial charge in [0.15, 0.2) is 0 Å². The highest BCUT2D eigenvalue weighted by atomic mass is 35.5. The summed E-state index contributed by atoms with van der Waals surface area (Å²) in [6, 6.07) is -0.664. The zero-order valence-electron chi connectivity index (χ0n) is 9.36. The molecule has 0 radical (unpaired) electrons. The molecule has 0 fully saturated rings. The molecule has 2 amide bonds. The van der Waals surface area contributed by atoms with Crippen LogP contribution >= 0.6 is 11.6 Å². The molecule has 0 rings (SSSR count). The van der Waals surface area contributed by atoms with Crippen LogP contribution in [0, 0.1) is 4.91 Å². The van der Waals surface area contributed by atoms with Crippen molar-refractivity contribution in [3.05, 3.63) is 4.91 Å². The molecule has 0 bridgehead atoms. The number of halogens is 1. The summed E-state index contributed by atoms with van der Waals surface area (Å²) >= 11 is 5.38. The molecule has 92 valence electrons. The lowest BCUT2D eigenvalue weighted by Crippen LogP contribution is -2.34. The van der Waals surface area contributed by atoms with Crippen LogP contribution < -0.4 is 5.43 Å². The first kappa shape index (κ1) is 14.8. The fourth-order valence-electron chi connectivity index (χ4n) is 0.968. The van der Waals surface area contributed by atoms with E-state index in [1.807, 2.05) is 0 Å². The van der Waals surface area contributed by atoms with Crippen molar-refractivity contribution in [2.75, 3.05) is 12.4 Å². The number of rotatable bonds is 8. The van der Waals surface area contributed by atoms with Gasteiger partial charge in [-0.25, -0.2) is 10.2 Å². The summed E-state index contributed by atoms with van der Waals surface area (Å²) in [5.74, 6) is 0.152. The first-order valence-corrected chi connectivity index (χ1v) is 5.78. The second kappa shape index (κ2) is 10.4. The average molecular weight is 249 g/mol. The number of unbranched alkanes of at least 4 members (excludes halogenated alkanes) is 3. The quantitative estimate of drug-likeness (QED) is 0.236. The third-order valence-corrected chi connectivity index (χ3v) is 1.99. The fourth-order valence-corrected chi connectivity index (χ4v) is 1.13. The van der Waals surface area contributed by atoms with Gasteiger partial charge in [0, 0.05) is 12.1 Å². The number of nitrogens with one attached hydrogen (secondary N) is 1. The van der Waals surface area contributed by atoms with Crippen molar-refractivity contribution in [1.82, 2.24) is 10.4 Å². The Morgan fingerprint density at radius 2 is 2.25 bits per heavy atom. The Morgan fingerprint density at radius 3 is 2.81 bits per heavy atom. The van der Waals surface area contributed by atoms with E-state index in [9.17, 15) is 9.70 Å². The van der Waals surface area contributed by atoms with Crippen LogP contribution in [0.2, 0.25) is 0 Å². The van der Waals surface area contributed by atoms with Crippen LogP contribution in [0.4, 0.5) is 4.79 Å². The summed E-state index contributed by atoms with van der Waals surface area (Å²) in [5, 5.41) is 6.90. The van der Waals surface area contributed by atoms with E-state index >= 15 is 0 Å². The summed E-state index contributed by atoms with van der Waals surface area (Å²) in [7, 11) is 0. The first-order valence-electron chi connectivity index (χ1n) is 5.24. The van der Waals surface area contributed by atoms with Gasteiger partial charge in [-0.15, -0.1) is 16.5 Å². The maximum atomic E-state index is 11.2. The van der Waals surface area contributed by atoms with Gasteiger partial charge in [0.2, 0.25) is 0 Å². The van der Waals surface area contributed by atoms with E-state index in [0.717, 1.165) is 25.7 Å². The highest BCUT2D eigenvalue weighted by Crippen LogP contribution is 1.96. The van der Waals surface area contributed by atoms with E-state index in [4.69, 9.17) is 11.6 Å². The molecule has 0 saturated heterocycles. The lowest BCUT2D eigenvalue weighted by Gasteiger charge is -2.09. The minimum absolute atomic E-state index is 0.0717. The van der Waals surface area contributed by atoms with Gasteiger partial charge in [0.05, 0.1) is 11.8 Å². The summed E-state index contributed by atoms with van der Waals surface area (Å²) in [6.07, 6.45) is 5.72. The maximum absolute atomic E-state index is 11.2. The molecule has 0 aromatic heterocycles. The van der Waals surface area contributed by atoms with E-state index in [1.54, 1.807) is 6.21 Å². The van der Waals surface area contributed by atoms with Crippen molar-refractivity contribution < 1.29 is 4.79 Å². The monoisotopic (exact) mass is 248 g/mol. The normalized spacial score (nSPS) is 10.4. The van der Waals surface area contributed by atoms with Crippen LogP contribution in [0.1, 0.15) is 32.6 Å².